The molecule has 0 spiro atoms. The summed E-state index contributed by atoms with van der Waals surface area (Å²) in [6, 6.07) is 17.2. The summed E-state index contributed by atoms with van der Waals surface area (Å²) in [5.74, 6) is -1.39. The third-order valence-corrected chi connectivity index (χ3v) is 5.56. The molecular formula is C28H25F4N5O2. The van der Waals surface area contributed by atoms with Crippen molar-refractivity contribution >= 4 is 23.2 Å². The number of ether oxygens (including phenoxy) is 1. The minimum absolute atomic E-state index is 0.0625. The molecule has 4 rings (SSSR count). The van der Waals surface area contributed by atoms with Gasteiger partial charge >= 0.3 is 6.36 Å². The highest BCUT2D eigenvalue weighted by molar-refractivity contribution is 6.04. The Hall–Kier alpha value is -4.51. The first kappa shape index (κ1) is 27.5. The zero-order valence-electron chi connectivity index (χ0n) is 21.3. The van der Waals surface area contributed by atoms with Gasteiger partial charge in [-0.1, -0.05) is 12.1 Å². The summed E-state index contributed by atoms with van der Waals surface area (Å²) in [6.45, 7) is 2.66. The fraction of sp³-hybridized carbons (Fsp3) is 0.179. The van der Waals surface area contributed by atoms with Gasteiger partial charge in [0.15, 0.2) is 5.82 Å². The molecule has 202 valence electrons. The Kier molecular flexibility index (Phi) is 8.10. The summed E-state index contributed by atoms with van der Waals surface area (Å²) in [6.07, 6.45) is -3.87. The van der Waals surface area contributed by atoms with Crippen LogP contribution in [0, 0.1) is 12.7 Å². The number of rotatable bonds is 8. The van der Waals surface area contributed by atoms with E-state index >= 15 is 0 Å². The van der Waals surface area contributed by atoms with Crippen LogP contribution in [0.15, 0.2) is 72.9 Å². The number of amides is 1. The SMILES string of the molecule is Cc1ccc(CN(C)C)cc1NC(=O)c1ccc(Nc2ncc(F)c(-c3ccc(OC(F)(F)F)cc3)n2)cc1. The molecule has 0 saturated heterocycles. The Morgan fingerprint density at radius 2 is 1.69 bits per heavy atom. The third-order valence-electron chi connectivity index (χ3n) is 5.56. The second-order valence-electron chi connectivity index (χ2n) is 9.01. The van der Waals surface area contributed by atoms with Gasteiger partial charge in [-0.2, -0.15) is 0 Å². The number of anilines is 3. The van der Waals surface area contributed by atoms with Crippen LogP contribution in [-0.2, 0) is 6.54 Å². The van der Waals surface area contributed by atoms with Crippen molar-refractivity contribution in [1.82, 2.24) is 14.9 Å². The van der Waals surface area contributed by atoms with Gasteiger partial charge in [0.25, 0.3) is 5.91 Å². The molecule has 3 aromatic carbocycles. The summed E-state index contributed by atoms with van der Waals surface area (Å²) in [5, 5.41) is 5.88. The number of hydrogen-bond acceptors (Lipinski definition) is 6. The quantitative estimate of drug-likeness (QED) is 0.247. The maximum absolute atomic E-state index is 14.4. The van der Waals surface area contributed by atoms with Crippen molar-refractivity contribution < 1.29 is 27.1 Å². The first-order valence-corrected chi connectivity index (χ1v) is 11.8. The van der Waals surface area contributed by atoms with Gasteiger partial charge in [-0.05, 0) is 86.7 Å². The molecule has 0 atom stereocenters. The number of hydrogen-bond donors (Lipinski definition) is 2. The Balaban J connectivity index is 1.45. The maximum atomic E-state index is 14.4. The second kappa shape index (κ2) is 11.5. The molecule has 2 N–H and O–H groups in total. The van der Waals surface area contributed by atoms with Crippen molar-refractivity contribution in [3.63, 3.8) is 0 Å². The lowest BCUT2D eigenvalue weighted by Crippen LogP contribution is -2.16. The van der Waals surface area contributed by atoms with Crippen LogP contribution >= 0.6 is 0 Å². The van der Waals surface area contributed by atoms with Crippen LogP contribution in [0.25, 0.3) is 11.3 Å². The Labute approximate surface area is 222 Å². The number of alkyl halides is 3. The first-order chi connectivity index (χ1) is 18.5. The molecule has 0 unspecified atom stereocenters. The van der Waals surface area contributed by atoms with Gasteiger partial charge in [-0.15, -0.1) is 13.2 Å². The van der Waals surface area contributed by atoms with Crippen LogP contribution in [-0.4, -0.2) is 41.2 Å². The fourth-order valence-electron chi connectivity index (χ4n) is 3.74. The molecule has 39 heavy (non-hydrogen) atoms. The molecule has 1 heterocycles. The lowest BCUT2D eigenvalue weighted by Gasteiger charge is -2.14. The van der Waals surface area contributed by atoms with Gasteiger partial charge in [0.05, 0.1) is 6.20 Å². The summed E-state index contributed by atoms with van der Waals surface area (Å²) in [5.41, 5.74) is 3.85. The average molecular weight is 540 g/mol. The predicted molar refractivity (Wildman–Crippen MR) is 140 cm³/mol. The number of aromatic nitrogens is 2. The molecule has 1 amide bonds. The van der Waals surface area contributed by atoms with E-state index in [-0.39, 0.29) is 23.1 Å². The van der Waals surface area contributed by atoms with E-state index in [1.54, 1.807) is 24.3 Å². The van der Waals surface area contributed by atoms with E-state index in [9.17, 15) is 22.4 Å². The van der Waals surface area contributed by atoms with Crippen LogP contribution < -0.4 is 15.4 Å². The summed E-state index contributed by atoms with van der Waals surface area (Å²) in [4.78, 5) is 22.9. The smallest absolute Gasteiger partial charge is 0.406 e. The van der Waals surface area contributed by atoms with E-state index in [1.807, 2.05) is 44.1 Å². The largest absolute Gasteiger partial charge is 0.573 e. The zero-order valence-corrected chi connectivity index (χ0v) is 21.3. The lowest BCUT2D eigenvalue weighted by atomic mass is 10.1. The number of carbonyl (C=O) groups excluding carboxylic acids is 1. The van der Waals surface area contributed by atoms with Gasteiger partial charge < -0.3 is 20.3 Å². The van der Waals surface area contributed by atoms with E-state index < -0.39 is 17.9 Å². The molecule has 0 aliphatic rings. The van der Waals surface area contributed by atoms with E-state index in [0.29, 0.717) is 11.3 Å². The topological polar surface area (TPSA) is 79.4 Å². The van der Waals surface area contributed by atoms with Crippen molar-refractivity contribution in [2.75, 3.05) is 24.7 Å². The Bertz CT molecular complexity index is 1460. The number of carbonyl (C=O) groups is 1. The summed E-state index contributed by atoms with van der Waals surface area (Å²) < 4.78 is 55.4. The number of aryl methyl sites for hydroxylation is 1. The normalized spacial score (nSPS) is 11.4. The van der Waals surface area contributed by atoms with E-state index in [0.717, 1.165) is 41.7 Å². The molecule has 0 aliphatic carbocycles. The highest BCUT2D eigenvalue weighted by Gasteiger charge is 2.31. The van der Waals surface area contributed by atoms with Gasteiger partial charge in [0.1, 0.15) is 11.4 Å². The number of halogens is 4. The third kappa shape index (κ3) is 7.51. The Morgan fingerprint density at radius 1 is 1.00 bits per heavy atom. The number of nitrogens with zero attached hydrogens (tertiary/aromatic N) is 3. The van der Waals surface area contributed by atoms with E-state index in [4.69, 9.17) is 0 Å². The van der Waals surface area contributed by atoms with Gasteiger partial charge in [-0.3, -0.25) is 4.79 Å². The van der Waals surface area contributed by atoms with Gasteiger partial charge in [0.2, 0.25) is 5.95 Å². The monoisotopic (exact) mass is 539 g/mol. The fourth-order valence-corrected chi connectivity index (χ4v) is 3.74. The average Bonchev–Trinajstić information content (AvgIpc) is 2.87. The lowest BCUT2D eigenvalue weighted by molar-refractivity contribution is -0.274. The van der Waals surface area contributed by atoms with Crippen LogP contribution in [0.1, 0.15) is 21.5 Å². The maximum Gasteiger partial charge on any atom is 0.573 e. The van der Waals surface area contributed by atoms with Crippen molar-refractivity contribution in [3.05, 3.63) is 95.4 Å². The van der Waals surface area contributed by atoms with Crippen LogP contribution in [0.5, 0.6) is 5.75 Å². The zero-order chi connectivity index (χ0) is 28.2. The number of benzene rings is 3. The highest BCUT2D eigenvalue weighted by Crippen LogP contribution is 2.28. The van der Waals surface area contributed by atoms with Crippen molar-refractivity contribution in [2.24, 2.45) is 0 Å². The van der Waals surface area contributed by atoms with Crippen LogP contribution in [0.2, 0.25) is 0 Å². The minimum atomic E-state index is -4.83. The van der Waals surface area contributed by atoms with E-state index in [1.165, 1.54) is 12.1 Å². The predicted octanol–water partition coefficient (Wildman–Crippen LogP) is 6.55. The molecule has 0 radical (unpaired) electrons. The van der Waals surface area contributed by atoms with Crippen molar-refractivity contribution in [2.45, 2.75) is 19.8 Å². The van der Waals surface area contributed by atoms with E-state index in [2.05, 4.69) is 25.3 Å². The second-order valence-corrected chi connectivity index (χ2v) is 9.01. The molecule has 0 aliphatic heterocycles. The standard InChI is InChI=1S/C28H25F4N5O2/c1-17-4-5-18(16-37(2)3)14-24(17)35-26(38)20-6-10-21(11-7-20)34-27-33-15-23(29)25(36-27)19-8-12-22(13-9-19)39-28(30,31)32/h4-15H,16H2,1-3H3,(H,35,38)(H,33,34,36). The molecule has 0 saturated carbocycles. The van der Waals surface area contributed by atoms with Crippen molar-refractivity contribution in [1.29, 1.82) is 0 Å². The molecule has 1 aromatic heterocycles. The summed E-state index contributed by atoms with van der Waals surface area (Å²) >= 11 is 0. The van der Waals surface area contributed by atoms with Crippen molar-refractivity contribution in [3.8, 4) is 17.0 Å². The molecule has 4 aromatic rings. The summed E-state index contributed by atoms with van der Waals surface area (Å²) in [7, 11) is 3.94. The molecule has 11 heteroatoms. The molecule has 0 fully saturated rings. The minimum Gasteiger partial charge on any atom is -0.406 e. The number of nitrogens with one attached hydrogen (secondary N) is 2. The highest BCUT2D eigenvalue weighted by atomic mass is 19.4. The Morgan fingerprint density at radius 3 is 2.33 bits per heavy atom. The van der Waals surface area contributed by atoms with Crippen LogP contribution in [0.3, 0.4) is 0 Å². The molecule has 0 bridgehead atoms. The van der Waals surface area contributed by atoms with Crippen LogP contribution in [0.4, 0.5) is 34.9 Å². The first-order valence-electron chi connectivity index (χ1n) is 11.8. The molecule has 7 nitrogen and oxygen atoms in total. The van der Waals surface area contributed by atoms with Gasteiger partial charge in [-0.25, -0.2) is 14.4 Å². The molecular weight excluding hydrogens is 514 g/mol. The van der Waals surface area contributed by atoms with Gasteiger partial charge in [0, 0.05) is 29.0 Å².